The first-order chi connectivity index (χ1) is 8.40. The lowest BCUT2D eigenvalue weighted by Crippen LogP contribution is -2.28. The predicted molar refractivity (Wildman–Crippen MR) is 66.0 cm³/mol. The molecule has 2 unspecified atom stereocenters. The van der Waals surface area contributed by atoms with Crippen molar-refractivity contribution in [2.45, 2.75) is 39.0 Å². The van der Waals surface area contributed by atoms with Crippen LogP contribution in [0.3, 0.4) is 0 Å². The summed E-state index contributed by atoms with van der Waals surface area (Å²) in [5, 5.41) is 21.0. The minimum absolute atomic E-state index is 0.104. The summed E-state index contributed by atoms with van der Waals surface area (Å²) in [7, 11) is 0. The van der Waals surface area contributed by atoms with Gasteiger partial charge in [0.2, 0.25) is 0 Å². The molecular weight excluding hydrogens is 237 g/mol. The van der Waals surface area contributed by atoms with Crippen LogP contribution >= 0.6 is 0 Å². The molecule has 3 N–H and O–H groups in total. The molecule has 100 valence electrons. The van der Waals surface area contributed by atoms with Crippen molar-refractivity contribution < 1.29 is 19.4 Å². The van der Waals surface area contributed by atoms with Crippen LogP contribution in [0.5, 0.6) is 0 Å². The fourth-order valence-corrected chi connectivity index (χ4v) is 1.73. The Morgan fingerprint density at radius 2 is 2.11 bits per heavy atom. The maximum Gasteiger partial charge on any atom is 0.338 e. The molecule has 0 aliphatic rings. The zero-order chi connectivity index (χ0) is 13.7. The number of carbonyl (C=O) groups is 1. The van der Waals surface area contributed by atoms with Crippen molar-refractivity contribution in [1.82, 2.24) is 5.32 Å². The van der Waals surface area contributed by atoms with Crippen LogP contribution in [0.25, 0.3) is 0 Å². The van der Waals surface area contributed by atoms with E-state index in [9.17, 15) is 14.3 Å². The zero-order valence-corrected chi connectivity index (χ0v) is 10.5. The first-order valence-corrected chi connectivity index (χ1v) is 5.83. The van der Waals surface area contributed by atoms with Crippen LogP contribution in [0.4, 0.5) is 4.39 Å². The van der Waals surface area contributed by atoms with Gasteiger partial charge in [0.15, 0.2) is 0 Å². The third-order valence-electron chi connectivity index (χ3n) is 2.61. The van der Waals surface area contributed by atoms with Gasteiger partial charge in [-0.05, 0) is 38.0 Å². The van der Waals surface area contributed by atoms with E-state index in [1.807, 2.05) is 6.92 Å². The highest BCUT2D eigenvalue weighted by molar-refractivity contribution is 5.87. The molecule has 1 aromatic rings. The van der Waals surface area contributed by atoms with Crippen molar-refractivity contribution in [2.24, 2.45) is 0 Å². The number of nitrogens with one attached hydrogen (secondary N) is 1. The topological polar surface area (TPSA) is 69.6 Å². The van der Waals surface area contributed by atoms with Crippen molar-refractivity contribution in [3.05, 3.63) is 35.1 Å². The Labute approximate surface area is 105 Å². The van der Waals surface area contributed by atoms with Crippen LogP contribution in [0.2, 0.25) is 0 Å². The normalized spacial score (nSPS) is 14.2. The molecule has 5 heteroatoms. The van der Waals surface area contributed by atoms with Gasteiger partial charge in [0.05, 0.1) is 11.7 Å². The Morgan fingerprint density at radius 1 is 1.44 bits per heavy atom. The van der Waals surface area contributed by atoms with Crippen LogP contribution in [-0.4, -0.2) is 28.3 Å². The second-order valence-electron chi connectivity index (χ2n) is 4.49. The van der Waals surface area contributed by atoms with Gasteiger partial charge < -0.3 is 15.5 Å². The number of carboxylic acid groups (broad SMARTS) is 1. The van der Waals surface area contributed by atoms with Crippen molar-refractivity contribution >= 4 is 5.97 Å². The maximum atomic E-state index is 13.4. The Bertz CT molecular complexity index is 421. The largest absolute Gasteiger partial charge is 0.478 e. The van der Waals surface area contributed by atoms with Gasteiger partial charge in [0.1, 0.15) is 5.82 Å². The highest BCUT2D eigenvalue weighted by Gasteiger charge is 2.11. The number of rotatable bonds is 6. The second kappa shape index (κ2) is 6.47. The molecule has 0 fully saturated rings. The molecule has 0 aromatic heterocycles. The Hall–Kier alpha value is -1.46. The number of benzene rings is 1. The third kappa shape index (κ3) is 4.43. The van der Waals surface area contributed by atoms with Crippen molar-refractivity contribution in [1.29, 1.82) is 0 Å². The smallest absolute Gasteiger partial charge is 0.338 e. The molecule has 0 radical (unpaired) electrons. The quantitative estimate of drug-likeness (QED) is 0.724. The molecule has 0 heterocycles. The number of halogens is 1. The number of aliphatic hydroxyl groups excluding tert-OH is 1. The fourth-order valence-electron chi connectivity index (χ4n) is 1.73. The molecule has 0 spiro atoms. The summed E-state index contributed by atoms with van der Waals surface area (Å²) in [5.41, 5.74) is 0.353. The summed E-state index contributed by atoms with van der Waals surface area (Å²) in [6.45, 7) is 4.07. The van der Waals surface area contributed by atoms with Gasteiger partial charge in [-0.2, -0.15) is 0 Å². The van der Waals surface area contributed by atoms with E-state index in [1.165, 1.54) is 12.1 Å². The average molecular weight is 255 g/mol. The summed E-state index contributed by atoms with van der Waals surface area (Å²) < 4.78 is 13.4. The molecule has 0 bridgehead atoms. The van der Waals surface area contributed by atoms with Gasteiger partial charge in [-0.25, -0.2) is 9.18 Å². The van der Waals surface area contributed by atoms with Gasteiger partial charge in [-0.3, -0.25) is 0 Å². The van der Waals surface area contributed by atoms with Crippen LogP contribution in [-0.2, 0) is 6.54 Å². The Morgan fingerprint density at radius 3 is 2.61 bits per heavy atom. The monoisotopic (exact) mass is 255 g/mol. The third-order valence-corrected chi connectivity index (χ3v) is 2.61. The van der Waals surface area contributed by atoms with Gasteiger partial charge >= 0.3 is 5.97 Å². The standard InChI is InChI=1S/C13H18FNO3/c1-8(5-9(2)16)15-7-10-3-4-11(13(17)18)12(14)6-10/h3-4,6,8-9,15-16H,5,7H2,1-2H3,(H,17,18). The second-order valence-corrected chi connectivity index (χ2v) is 4.49. The van der Waals surface area contributed by atoms with E-state index in [2.05, 4.69) is 5.32 Å². The number of aliphatic hydroxyl groups is 1. The van der Waals surface area contributed by atoms with Crippen LogP contribution < -0.4 is 5.32 Å². The summed E-state index contributed by atoms with van der Waals surface area (Å²) in [4.78, 5) is 10.6. The number of hydrogen-bond donors (Lipinski definition) is 3. The van der Waals surface area contributed by atoms with E-state index < -0.39 is 17.9 Å². The Balaban J connectivity index is 2.58. The first kappa shape index (κ1) is 14.6. The van der Waals surface area contributed by atoms with Crippen molar-refractivity contribution in [3.63, 3.8) is 0 Å². The minimum atomic E-state index is -1.27. The lowest BCUT2D eigenvalue weighted by atomic mass is 10.1. The van der Waals surface area contributed by atoms with E-state index in [1.54, 1.807) is 13.0 Å². The van der Waals surface area contributed by atoms with Crippen LogP contribution in [0.1, 0.15) is 36.2 Å². The van der Waals surface area contributed by atoms with Gasteiger partial charge in [0.25, 0.3) is 0 Å². The fraction of sp³-hybridized carbons (Fsp3) is 0.462. The molecule has 1 aromatic carbocycles. The number of aromatic carboxylic acids is 1. The van der Waals surface area contributed by atoms with Gasteiger partial charge in [-0.1, -0.05) is 6.07 Å². The Kier molecular flexibility index (Phi) is 5.25. The molecule has 0 saturated heterocycles. The lowest BCUT2D eigenvalue weighted by molar-refractivity contribution is 0.0692. The minimum Gasteiger partial charge on any atom is -0.478 e. The van der Waals surface area contributed by atoms with E-state index in [-0.39, 0.29) is 11.6 Å². The molecule has 0 saturated carbocycles. The average Bonchev–Trinajstić information content (AvgIpc) is 2.25. The molecule has 0 aliphatic carbocycles. The molecule has 0 amide bonds. The molecular formula is C13H18FNO3. The first-order valence-electron chi connectivity index (χ1n) is 5.83. The predicted octanol–water partition coefficient (Wildman–Crippen LogP) is 1.77. The summed E-state index contributed by atoms with van der Waals surface area (Å²) in [5.74, 6) is -2.00. The highest BCUT2D eigenvalue weighted by Crippen LogP contribution is 2.11. The molecule has 0 aliphatic heterocycles. The number of hydrogen-bond acceptors (Lipinski definition) is 3. The molecule has 4 nitrogen and oxygen atoms in total. The number of carboxylic acids is 1. The zero-order valence-electron chi connectivity index (χ0n) is 10.5. The summed E-state index contributed by atoms with van der Waals surface area (Å²) >= 11 is 0. The van der Waals surface area contributed by atoms with E-state index in [0.717, 1.165) is 0 Å². The summed E-state index contributed by atoms with van der Waals surface area (Å²) in [6.07, 6.45) is 0.217. The molecule has 1 rings (SSSR count). The van der Waals surface area contributed by atoms with E-state index in [0.29, 0.717) is 18.5 Å². The SMILES string of the molecule is CC(O)CC(C)NCc1ccc(C(=O)O)c(F)c1. The summed E-state index contributed by atoms with van der Waals surface area (Å²) in [6, 6.07) is 4.15. The van der Waals surface area contributed by atoms with E-state index in [4.69, 9.17) is 5.11 Å². The van der Waals surface area contributed by atoms with Gasteiger partial charge in [0, 0.05) is 12.6 Å². The van der Waals surface area contributed by atoms with Crippen LogP contribution in [0.15, 0.2) is 18.2 Å². The highest BCUT2D eigenvalue weighted by atomic mass is 19.1. The van der Waals surface area contributed by atoms with Gasteiger partial charge in [-0.15, -0.1) is 0 Å². The van der Waals surface area contributed by atoms with Crippen molar-refractivity contribution in [2.75, 3.05) is 0 Å². The van der Waals surface area contributed by atoms with E-state index >= 15 is 0 Å². The molecule has 18 heavy (non-hydrogen) atoms. The maximum absolute atomic E-state index is 13.4. The lowest BCUT2D eigenvalue weighted by Gasteiger charge is -2.15. The van der Waals surface area contributed by atoms with Crippen molar-refractivity contribution in [3.8, 4) is 0 Å². The van der Waals surface area contributed by atoms with Crippen LogP contribution in [0, 0.1) is 5.82 Å². The molecule has 2 atom stereocenters.